The number of carbonyl (C=O) groups excluding carboxylic acids is 2. The molecule has 4 aromatic rings. The topological polar surface area (TPSA) is 115 Å². The number of H-pyrrole nitrogens is 2. The van der Waals surface area contributed by atoms with Crippen LogP contribution in [0.25, 0.3) is 21.8 Å². The molecule has 13 heteroatoms. The van der Waals surface area contributed by atoms with Crippen molar-refractivity contribution in [2.45, 2.75) is 51.7 Å². The number of nitrogens with one attached hydrogen (secondary N) is 2. The van der Waals surface area contributed by atoms with Crippen molar-refractivity contribution < 1.29 is 33.0 Å². The summed E-state index contributed by atoms with van der Waals surface area (Å²) in [6.45, 7) is 13.4. The largest absolute Gasteiger partial charge is 0.542 e. The second kappa shape index (κ2) is 12.8. The third kappa shape index (κ3) is 5.68. The van der Waals surface area contributed by atoms with Gasteiger partial charge in [-0.15, -0.1) is 0 Å². The van der Waals surface area contributed by atoms with Crippen molar-refractivity contribution >= 4 is 79.5 Å². The van der Waals surface area contributed by atoms with Crippen molar-refractivity contribution in [2.75, 3.05) is 50.0 Å². The molecule has 1 unspecified atom stereocenters. The predicted octanol–water partition coefficient (Wildman–Crippen LogP) is 8.06. The van der Waals surface area contributed by atoms with Crippen LogP contribution in [0.1, 0.15) is 58.8 Å². The van der Waals surface area contributed by atoms with E-state index in [2.05, 4.69) is 75.7 Å². The second-order valence-electron chi connectivity index (χ2n) is 12.9. The molecule has 0 fully saturated rings. The smallest absolute Gasteiger partial charge is 0.340 e. The molecule has 10 nitrogen and oxygen atoms in total. The molecule has 1 aliphatic heterocycles. The Morgan fingerprint density at radius 1 is 0.978 bits per heavy atom. The van der Waals surface area contributed by atoms with E-state index < -0.39 is 14.3 Å². The molecule has 1 atom stereocenters. The maximum absolute atomic E-state index is 14.4. The Labute approximate surface area is 286 Å². The number of ether oxygens (including phenoxy) is 4. The normalized spacial score (nSPS) is 14.9. The zero-order valence-corrected chi connectivity index (χ0v) is 31.9. The fourth-order valence-electron chi connectivity index (χ4n) is 5.82. The van der Waals surface area contributed by atoms with Gasteiger partial charge in [-0.3, -0.25) is 4.79 Å². The van der Waals surface area contributed by atoms with Crippen molar-refractivity contribution in [3.05, 3.63) is 40.7 Å². The SMILES string of the molecule is COc1cc2cc(C(=O)N3CC(CBr)c4c3cc(O[Si](C)(C)C(C)(C)C)c3[nH]c(C)c(C(=O)OCCBr)c43)[nH]c2c(OC)c1OC. The van der Waals surface area contributed by atoms with Gasteiger partial charge < -0.3 is 38.2 Å². The Bertz CT molecular complexity index is 1830. The number of rotatable bonds is 10. The Balaban J connectivity index is 1.73. The van der Waals surface area contributed by atoms with Crippen LogP contribution in [-0.4, -0.2) is 75.3 Å². The number of methoxy groups -OCH3 is 3. The first kappa shape index (κ1) is 34.2. The summed E-state index contributed by atoms with van der Waals surface area (Å²) in [5.74, 6) is 1.24. The Morgan fingerprint density at radius 2 is 1.67 bits per heavy atom. The van der Waals surface area contributed by atoms with Crippen molar-refractivity contribution in [2.24, 2.45) is 0 Å². The van der Waals surface area contributed by atoms with Gasteiger partial charge in [-0.2, -0.15) is 0 Å². The van der Waals surface area contributed by atoms with Crippen molar-refractivity contribution in [3.8, 4) is 23.0 Å². The second-order valence-corrected chi connectivity index (χ2v) is 19.1. The number of hydrogen-bond donors (Lipinski definition) is 2. The van der Waals surface area contributed by atoms with Gasteiger partial charge in [-0.25, -0.2) is 4.79 Å². The molecule has 1 aliphatic rings. The van der Waals surface area contributed by atoms with Crippen LogP contribution < -0.4 is 23.5 Å². The quantitative estimate of drug-likeness (QED) is 0.0951. The molecule has 248 valence electrons. The van der Waals surface area contributed by atoms with Gasteiger partial charge in [0.1, 0.15) is 18.1 Å². The van der Waals surface area contributed by atoms with Gasteiger partial charge in [0.05, 0.1) is 43.6 Å². The lowest BCUT2D eigenvalue weighted by Gasteiger charge is -2.36. The molecule has 0 bridgehead atoms. The fraction of sp³-hybridized carbons (Fsp3) is 0.455. The van der Waals surface area contributed by atoms with E-state index >= 15 is 0 Å². The average molecular weight is 780 g/mol. The number of anilines is 1. The summed E-state index contributed by atoms with van der Waals surface area (Å²) in [5.41, 5.74) is 4.48. The molecule has 0 radical (unpaired) electrons. The lowest BCUT2D eigenvalue weighted by atomic mass is 9.96. The molecule has 1 amide bonds. The number of esters is 1. The Kier molecular flexibility index (Phi) is 9.51. The summed E-state index contributed by atoms with van der Waals surface area (Å²) in [6.07, 6.45) is 0. The van der Waals surface area contributed by atoms with Crippen LogP contribution in [0.4, 0.5) is 5.69 Å². The first-order valence-electron chi connectivity index (χ1n) is 15.0. The van der Waals surface area contributed by atoms with E-state index in [9.17, 15) is 9.59 Å². The molecule has 0 spiro atoms. The molecule has 2 N–H and O–H groups in total. The van der Waals surface area contributed by atoms with Crippen LogP contribution in [-0.2, 0) is 4.74 Å². The van der Waals surface area contributed by atoms with E-state index in [1.165, 1.54) is 0 Å². The number of carbonyl (C=O) groups is 2. The van der Waals surface area contributed by atoms with Crippen molar-refractivity contribution in [1.82, 2.24) is 9.97 Å². The predicted molar refractivity (Wildman–Crippen MR) is 191 cm³/mol. The first-order chi connectivity index (χ1) is 21.7. The molecule has 2 aromatic heterocycles. The maximum atomic E-state index is 14.4. The van der Waals surface area contributed by atoms with Gasteiger partial charge in [0, 0.05) is 45.7 Å². The molecule has 0 saturated heterocycles. The molecule has 3 heterocycles. The maximum Gasteiger partial charge on any atom is 0.340 e. The minimum Gasteiger partial charge on any atom is -0.542 e. The highest BCUT2D eigenvalue weighted by Crippen LogP contribution is 2.50. The minimum atomic E-state index is -2.34. The van der Waals surface area contributed by atoms with Crippen LogP contribution in [0.5, 0.6) is 23.0 Å². The highest BCUT2D eigenvalue weighted by molar-refractivity contribution is 9.09. The zero-order valence-electron chi connectivity index (χ0n) is 27.7. The number of hydrogen-bond acceptors (Lipinski definition) is 7. The van der Waals surface area contributed by atoms with Crippen LogP contribution in [0.2, 0.25) is 18.1 Å². The van der Waals surface area contributed by atoms with E-state index in [0.717, 1.165) is 21.9 Å². The summed E-state index contributed by atoms with van der Waals surface area (Å²) in [5, 5.41) is 2.49. The summed E-state index contributed by atoms with van der Waals surface area (Å²) in [6, 6.07) is 5.56. The van der Waals surface area contributed by atoms with Crippen LogP contribution >= 0.6 is 31.9 Å². The highest BCUT2D eigenvalue weighted by Gasteiger charge is 2.42. The number of aryl methyl sites for hydroxylation is 1. The minimum absolute atomic E-state index is 0.0863. The number of fused-ring (bicyclic) bond motifs is 4. The first-order valence-corrected chi connectivity index (χ1v) is 20.2. The fourth-order valence-corrected chi connectivity index (χ4v) is 7.53. The number of nitrogens with zero attached hydrogens (tertiary/aromatic N) is 1. The molecule has 0 saturated carbocycles. The molecule has 0 aliphatic carbocycles. The number of alkyl halides is 2. The van der Waals surface area contributed by atoms with Gasteiger partial charge in [0.15, 0.2) is 11.5 Å². The average Bonchev–Trinajstić information content (AvgIpc) is 3.70. The van der Waals surface area contributed by atoms with Crippen LogP contribution in [0.15, 0.2) is 18.2 Å². The summed E-state index contributed by atoms with van der Waals surface area (Å²) in [7, 11) is 2.30. The van der Waals surface area contributed by atoms with Crippen molar-refractivity contribution in [1.29, 1.82) is 0 Å². The van der Waals surface area contributed by atoms with E-state index in [0.29, 0.717) is 68.4 Å². The summed E-state index contributed by atoms with van der Waals surface area (Å²) in [4.78, 5) is 36.5. The van der Waals surface area contributed by atoms with Gasteiger partial charge in [-0.05, 0) is 42.8 Å². The zero-order chi connectivity index (χ0) is 33.7. The number of halogens is 2. The molecular formula is C33H41Br2N3O7Si. The summed E-state index contributed by atoms with van der Waals surface area (Å²) >= 11 is 7.05. The van der Waals surface area contributed by atoms with E-state index in [-0.39, 0.29) is 23.5 Å². The van der Waals surface area contributed by atoms with E-state index in [1.54, 1.807) is 32.3 Å². The third-order valence-electron chi connectivity index (χ3n) is 9.12. The van der Waals surface area contributed by atoms with Gasteiger partial charge >= 0.3 is 5.97 Å². The van der Waals surface area contributed by atoms with E-state index in [1.807, 2.05) is 19.1 Å². The monoisotopic (exact) mass is 777 g/mol. The van der Waals surface area contributed by atoms with Crippen LogP contribution in [0.3, 0.4) is 0 Å². The summed E-state index contributed by atoms with van der Waals surface area (Å²) < 4.78 is 29.3. The number of aromatic nitrogens is 2. The van der Waals surface area contributed by atoms with Gasteiger partial charge in [0.2, 0.25) is 5.75 Å². The highest BCUT2D eigenvalue weighted by atomic mass is 79.9. The number of benzene rings is 2. The molecule has 5 rings (SSSR count). The van der Waals surface area contributed by atoms with Gasteiger partial charge in [0.25, 0.3) is 14.2 Å². The third-order valence-corrected chi connectivity index (χ3v) is 14.6. The lowest BCUT2D eigenvalue weighted by Crippen LogP contribution is -2.44. The standard InChI is InChI=1S/C33H41Br2N3O7Si/c1-17-24(32(40)44-11-10-34)26-25-19(15-35)16-38(21(25)14-22(28(26)36-17)45-46(8,9)33(2,3)4)31(39)20-12-18-13-23(41-5)29(42-6)30(43-7)27(18)37-20/h12-14,19,36-37H,10-11,15-16H2,1-9H3. The van der Waals surface area contributed by atoms with Gasteiger partial charge in [-0.1, -0.05) is 52.6 Å². The van der Waals surface area contributed by atoms with E-state index in [4.69, 9.17) is 23.4 Å². The number of amides is 1. The number of aromatic amines is 2. The molecule has 46 heavy (non-hydrogen) atoms. The molecular weight excluding hydrogens is 738 g/mol. The van der Waals surface area contributed by atoms with Crippen molar-refractivity contribution in [3.63, 3.8) is 0 Å². The molecule has 2 aromatic carbocycles. The van der Waals surface area contributed by atoms with Crippen LogP contribution in [0, 0.1) is 6.92 Å². The lowest BCUT2D eigenvalue weighted by molar-refractivity contribution is 0.0532. The Morgan fingerprint density at radius 3 is 2.26 bits per heavy atom. The Hall–Kier alpha value is -3.16.